The van der Waals surface area contributed by atoms with Crippen LogP contribution in [0.1, 0.15) is 27.7 Å². The van der Waals surface area contributed by atoms with E-state index in [4.69, 9.17) is 16.3 Å². The van der Waals surface area contributed by atoms with Crippen molar-refractivity contribution < 1.29 is 44.3 Å². The average molecular weight is 382 g/mol. The predicted molar refractivity (Wildman–Crippen MR) is 81.2 cm³/mol. The maximum atomic E-state index is 12.2. The molecule has 25 heavy (non-hydrogen) atoms. The maximum absolute atomic E-state index is 12.2. The van der Waals surface area contributed by atoms with Gasteiger partial charge in [-0.3, -0.25) is 19.2 Å². The summed E-state index contributed by atoms with van der Waals surface area (Å²) in [5, 5.41) is 40.9. The third-order valence-corrected chi connectivity index (χ3v) is 4.49. The topological polar surface area (TPSA) is 170 Å². The molecule has 1 saturated heterocycles. The Bertz CT molecular complexity index is 621. The fourth-order valence-corrected chi connectivity index (χ4v) is 3.18. The molecule has 0 saturated carbocycles. The minimum Gasteiger partial charge on any atom is -0.382 e. The largest absolute Gasteiger partial charge is 0.382 e. The third-order valence-electron chi connectivity index (χ3n) is 4.18. The van der Waals surface area contributed by atoms with Gasteiger partial charge in [-0.1, -0.05) is 11.6 Å². The number of rotatable bonds is 5. The van der Waals surface area contributed by atoms with Gasteiger partial charge in [-0.25, -0.2) is 0 Å². The lowest BCUT2D eigenvalue weighted by atomic mass is 9.65. The second kappa shape index (κ2) is 6.71. The number of halogens is 1. The zero-order chi connectivity index (χ0) is 20.0. The van der Waals surface area contributed by atoms with Crippen molar-refractivity contribution in [2.24, 2.45) is 0 Å². The van der Waals surface area contributed by atoms with Gasteiger partial charge in [-0.05, 0) is 20.8 Å². The van der Waals surface area contributed by atoms with Crippen LogP contribution in [0, 0.1) is 0 Å². The lowest BCUT2D eigenvalue weighted by Crippen LogP contribution is -2.85. The maximum Gasteiger partial charge on any atom is 0.271 e. The Balaban J connectivity index is 3.77. The van der Waals surface area contributed by atoms with Crippen molar-refractivity contribution in [3.05, 3.63) is 0 Å². The van der Waals surface area contributed by atoms with E-state index in [-0.39, 0.29) is 0 Å². The highest BCUT2D eigenvalue weighted by molar-refractivity contribution is 6.23. The molecule has 142 valence electrons. The molecular formula is C14H20ClNO9. The first-order valence-electron chi connectivity index (χ1n) is 7.15. The van der Waals surface area contributed by atoms with E-state index < -0.39 is 58.0 Å². The van der Waals surface area contributed by atoms with Gasteiger partial charge in [0, 0.05) is 6.92 Å². The minimum absolute atomic E-state index is 0.762. The molecule has 1 aliphatic heterocycles. The molecule has 1 fully saturated rings. The number of nitrogens with one attached hydrogen (secondary N) is 1. The van der Waals surface area contributed by atoms with E-state index in [0.29, 0.717) is 0 Å². The van der Waals surface area contributed by atoms with Gasteiger partial charge in [0.15, 0.2) is 28.6 Å². The van der Waals surface area contributed by atoms with E-state index in [9.17, 15) is 39.6 Å². The standard InChI is InChI=1S/C14H20ClNO9/c1-5(17)9(21)10-12(22,6(2)18)13(23,7(3)19)11(16-8(4)20)14(15,24)25-10/h9-11,21-24H,1-4H3,(H,16,20)/t9?,10-,11+,12-,13-,14-/m1/s1. The molecule has 1 aliphatic rings. The molecule has 5 N–H and O–H groups in total. The van der Waals surface area contributed by atoms with Crippen molar-refractivity contribution in [3.8, 4) is 0 Å². The number of hydrogen-bond acceptors (Lipinski definition) is 9. The molecule has 1 amide bonds. The van der Waals surface area contributed by atoms with Crippen molar-refractivity contribution in [3.63, 3.8) is 0 Å². The monoisotopic (exact) mass is 381 g/mol. The van der Waals surface area contributed by atoms with Gasteiger partial charge in [0.1, 0.15) is 18.2 Å². The van der Waals surface area contributed by atoms with Gasteiger partial charge >= 0.3 is 0 Å². The number of ketones is 3. The summed E-state index contributed by atoms with van der Waals surface area (Å²) in [4.78, 5) is 47.1. The highest BCUT2D eigenvalue weighted by Gasteiger charge is 2.75. The first-order chi connectivity index (χ1) is 11.1. The number of alkyl halides is 1. The average Bonchev–Trinajstić information content (AvgIpc) is 2.45. The number of amides is 1. The van der Waals surface area contributed by atoms with E-state index in [1.807, 2.05) is 5.32 Å². The van der Waals surface area contributed by atoms with Gasteiger partial charge in [0.2, 0.25) is 5.91 Å². The van der Waals surface area contributed by atoms with E-state index in [1.54, 1.807) is 0 Å². The van der Waals surface area contributed by atoms with Crippen LogP contribution in [0.5, 0.6) is 0 Å². The Morgan fingerprint density at radius 1 is 1.00 bits per heavy atom. The Hall–Kier alpha value is -1.43. The summed E-state index contributed by atoms with van der Waals surface area (Å²) in [6.07, 6.45) is -4.51. The van der Waals surface area contributed by atoms with Crippen molar-refractivity contribution >= 4 is 34.9 Å². The van der Waals surface area contributed by atoms with Crippen LogP contribution in [-0.2, 0) is 23.9 Å². The summed E-state index contributed by atoms with van der Waals surface area (Å²) in [5.41, 5.74) is -6.40. The summed E-state index contributed by atoms with van der Waals surface area (Å²) in [6, 6.07) is -2.19. The highest BCUT2D eigenvalue weighted by atomic mass is 35.5. The van der Waals surface area contributed by atoms with E-state index in [0.717, 1.165) is 27.7 Å². The molecule has 0 aliphatic carbocycles. The van der Waals surface area contributed by atoms with Gasteiger partial charge in [-0.2, -0.15) is 0 Å². The second-order valence-electron chi connectivity index (χ2n) is 5.98. The molecule has 1 heterocycles. The number of hydrogen-bond donors (Lipinski definition) is 5. The quantitative estimate of drug-likeness (QED) is 0.319. The number of Topliss-reactive ketones (excluding diaryl/α,β-unsaturated/α-hetero) is 3. The van der Waals surface area contributed by atoms with Crippen LogP contribution in [0.2, 0.25) is 0 Å². The molecule has 6 atom stereocenters. The van der Waals surface area contributed by atoms with Crippen LogP contribution in [-0.4, -0.2) is 78.4 Å². The predicted octanol–water partition coefficient (Wildman–Crippen LogP) is -2.64. The summed E-state index contributed by atoms with van der Waals surface area (Å²) in [7, 11) is 0. The van der Waals surface area contributed by atoms with Crippen LogP contribution in [0.15, 0.2) is 0 Å². The number of carbonyl (C=O) groups is 4. The number of aliphatic hydroxyl groups excluding tert-OH is 1. The molecule has 0 bridgehead atoms. The first-order valence-corrected chi connectivity index (χ1v) is 7.53. The minimum atomic E-state index is -3.21. The van der Waals surface area contributed by atoms with Gasteiger partial charge in [-0.15, -0.1) is 0 Å². The van der Waals surface area contributed by atoms with E-state index in [1.165, 1.54) is 0 Å². The summed E-state index contributed by atoms with van der Waals surface area (Å²) < 4.78 is 4.89. The molecule has 0 aromatic carbocycles. The second-order valence-corrected chi connectivity index (χ2v) is 6.52. The van der Waals surface area contributed by atoms with Crippen molar-refractivity contribution in [2.75, 3.05) is 0 Å². The Kier molecular flexibility index (Phi) is 5.80. The SMILES string of the molecule is CC(=O)N[C@H]1[C@](O)(C(C)=O)[C@@](O)(C(C)=O)[C@@H](C(O)C(C)=O)O[C@@]1(O)Cl. The molecular weight excluding hydrogens is 362 g/mol. The fourth-order valence-electron chi connectivity index (χ4n) is 2.87. The van der Waals surface area contributed by atoms with Crippen LogP contribution in [0.3, 0.4) is 0 Å². The highest BCUT2D eigenvalue weighted by Crippen LogP contribution is 2.46. The van der Waals surface area contributed by atoms with Crippen molar-refractivity contribution in [1.29, 1.82) is 0 Å². The van der Waals surface area contributed by atoms with Crippen molar-refractivity contribution in [1.82, 2.24) is 5.32 Å². The normalized spacial score (nSPS) is 39.4. The molecule has 1 rings (SSSR count). The lowest BCUT2D eigenvalue weighted by Gasteiger charge is -2.56. The lowest BCUT2D eigenvalue weighted by molar-refractivity contribution is -0.329. The summed E-state index contributed by atoms with van der Waals surface area (Å²) >= 11 is 5.75. The molecule has 10 nitrogen and oxygen atoms in total. The zero-order valence-corrected chi connectivity index (χ0v) is 14.7. The van der Waals surface area contributed by atoms with E-state index >= 15 is 0 Å². The van der Waals surface area contributed by atoms with Crippen LogP contribution >= 0.6 is 11.6 Å². The molecule has 1 unspecified atom stereocenters. The molecule has 0 aromatic heterocycles. The summed E-state index contributed by atoms with van der Waals surface area (Å²) in [5.74, 6) is -4.42. The molecule has 0 spiro atoms. The molecule has 0 radical (unpaired) electrons. The van der Waals surface area contributed by atoms with Gasteiger partial charge < -0.3 is 30.5 Å². The zero-order valence-electron chi connectivity index (χ0n) is 13.9. The Labute approximate surface area is 147 Å². The number of ether oxygens (including phenoxy) is 1. The molecule has 0 aromatic rings. The van der Waals surface area contributed by atoms with Gasteiger partial charge in [0.25, 0.3) is 5.25 Å². The Morgan fingerprint density at radius 2 is 1.44 bits per heavy atom. The third kappa shape index (κ3) is 3.21. The molecule has 11 heteroatoms. The van der Waals surface area contributed by atoms with Crippen LogP contribution in [0.25, 0.3) is 0 Å². The fraction of sp³-hybridized carbons (Fsp3) is 0.714. The summed E-state index contributed by atoms with van der Waals surface area (Å²) in [6.45, 7) is 3.37. The Morgan fingerprint density at radius 3 is 1.76 bits per heavy atom. The van der Waals surface area contributed by atoms with Crippen LogP contribution < -0.4 is 5.32 Å². The van der Waals surface area contributed by atoms with Gasteiger partial charge in [0.05, 0.1) is 0 Å². The van der Waals surface area contributed by atoms with E-state index in [2.05, 4.69) is 0 Å². The number of carbonyl (C=O) groups excluding carboxylic acids is 4. The first kappa shape index (κ1) is 21.6. The smallest absolute Gasteiger partial charge is 0.271 e. The van der Waals surface area contributed by atoms with Crippen LogP contribution in [0.4, 0.5) is 0 Å². The number of aliphatic hydroxyl groups is 4. The van der Waals surface area contributed by atoms with Crippen molar-refractivity contribution in [2.45, 2.75) is 62.4 Å².